The lowest BCUT2D eigenvalue weighted by molar-refractivity contribution is -0.0801. The van der Waals surface area contributed by atoms with E-state index in [0.29, 0.717) is 5.92 Å². The summed E-state index contributed by atoms with van der Waals surface area (Å²) >= 11 is 3.79. The van der Waals surface area contributed by atoms with Crippen LogP contribution in [0.4, 0.5) is 4.79 Å². The molecule has 198 valence electrons. The van der Waals surface area contributed by atoms with Crippen molar-refractivity contribution in [1.29, 1.82) is 0 Å². The second-order valence-corrected chi connectivity index (χ2v) is 13.0. The minimum atomic E-state index is -0.460. The lowest BCUT2D eigenvalue weighted by atomic mass is 9.57. The molecule has 37 heavy (non-hydrogen) atoms. The number of imidazole rings is 1. The summed E-state index contributed by atoms with van der Waals surface area (Å²) in [5.41, 5.74) is 4.30. The largest absolute Gasteiger partial charge is 0.444 e. The zero-order chi connectivity index (χ0) is 26.1. The van der Waals surface area contributed by atoms with E-state index in [9.17, 15) is 4.79 Å². The van der Waals surface area contributed by atoms with Gasteiger partial charge in [-0.1, -0.05) is 6.07 Å². The Kier molecular flexibility index (Phi) is 5.95. The normalized spacial score (nSPS) is 21.8. The fraction of sp³-hybridized carbons (Fsp3) is 0.607. The number of likely N-dealkylation sites (tertiary alicyclic amines) is 1. The molecule has 1 aliphatic carbocycles. The summed E-state index contributed by atoms with van der Waals surface area (Å²) in [4.78, 5) is 19.2. The average molecular weight is 571 g/mol. The predicted octanol–water partition coefficient (Wildman–Crippen LogP) is 6.32. The number of halogens is 1. The Morgan fingerprint density at radius 2 is 1.97 bits per heavy atom. The van der Waals surface area contributed by atoms with Gasteiger partial charge in [-0.2, -0.15) is 5.10 Å². The number of ether oxygens (including phenoxy) is 2. The summed E-state index contributed by atoms with van der Waals surface area (Å²) in [6.07, 6.45) is 7.15. The van der Waals surface area contributed by atoms with Crippen molar-refractivity contribution in [3.8, 4) is 11.3 Å². The molecule has 1 saturated carbocycles. The molecule has 1 unspecified atom stereocenters. The van der Waals surface area contributed by atoms with Crippen LogP contribution in [0.25, 0.3) is 22.2 Å². The lowest BCUT2D eigenvalue weighted by Crippen LogP contribution is -2.63. The van der Waals surface area contributed by atoms with Crippen LogP contribution in [0.3, 0.4) is 0 Å². The third-order valence-corrected chi connectivity index (χ3v) is 8.72. The molecule has 8 nitrogen and oxygen atoms in total. The molecule has 3 fully saturated rings. The van der Waals surface area contributed by atoms with Gasteiger partial charge in [-0.25, -0.2) is 14.5 Å². The molecule has 3 aliphatic rings. The van der Waals surface area contributed by atoms with Gasteiger partial charge in [0, 0.05) is 49.0 Å². The summed E-state index contributed by atoms with van der Waals surface area (Å²) in [6, 6.07) is 4.34. The highest BCUT2D eigenvalue weighted by atomic mass is 79.9. The quantitative estimate of drug-likeness (QED) is 0.369. The number of amides is 1. The van der Waals surface area contributed by atoms with Gasteiger partial charge in [0.1, 0.15) is 16.0 Å². The molecular weight excluding hydrogens is 534 g/mol. The first-order valence-electron chi connectivity index (χ1n) is 13.3. The first-order valence-corrected chi connectivity index (χ1v) is 14.1. The van der Waals surface area contributed by atoms with Gasteiger partial charge < -0.3 is 18.9 Å². The monoisotopic (exact) mass is 569 g/mol. The Hall–Kier alpha value is -2.39. The number of carbonyl (C=O) groups excluding carboxylic acids is 1. The average Bonchev–Trinajstić information content (AvgIpc) is 3.33. The van der Waals surface area contributed by atoms with E-state index in [1.807, 2.05) is 36.5 Å². The molecule has 1 spiro atoms. The predicted molar refractivity (Wildman–Crippen MR) is 145 cm³/mol. The molecular formula is C28H36BrN5O3. The van der Waals surface area contributed by atoms with Crippen molar-refractivity contribution < 1.29 is 14.3 Å². The number of hydrogen-bond donors (Lipinski definition) is 0. The van der Waals surface area contributed by atoms with Crippen LogP contribution in [0.2, 0.25) is 0 Å². The number of aromatic nitrogens is 4. The van der Waals surface area contributed by atoms with E-state index in [2.05, 4.69) is 46.6 Å². The summed E-state index contributed by atoms with van der Waals surface area (Å²) in [5.74, 6) is 1.48. The molecule has 0 radical (unpaired) electrons. The Bertz CT molecular complexity index is 1350. The van der Waals surface area contributed by atoms with Gasteiger partial charge in [0.2, 0.25) is 0 Å². The van der Waals surface area contributed by atoms with E-state index in [-0.39, 0.29) is 17.7 Å². The highest BCUT2D eigenvalue weighted by Crippen LogP contribution is 2.56. The molecule has 6 rings (SSSR count). The SMILES string of the molecule is Cc1ccc2c(cnn2C2CCCCO2)c1-c1c(Br)nc(C2CC3(C2)CN(C(=O)OC(C)(C)C)C3)n1C. The van der Waals surface area contributed by atoms with Crippen LogP contribution < -0.4 is 0 Å². The van der Waals surface area contributed by atoms with Crippen molar-refractivity contribution >= 4 is 32.9 Å². The van der Waals surface area contributed by atoms with Gasteiger partial charge in [0.05, 0.1) is 17.4 Å². The van der Waals surface area contributed by atoms with E-state index >= 15 is 0 Å². The van der Waals surface area contributed by atoms with Crippen LogP contribution in [0.1, 0.15) is 76.4 Å². The molecule has 2 aliphatic heterocycles. The van der Waals surface area contributed by atoms with Crippen molar-refractivity contribution in [3.05, 3.63) is 34.3 Å². The maximum Gasteiger partial charge on any atom is 0.410 e. The molecule has 2 saturated heterocycles. The molecule has 1 atom stereocenters. The highest BCUT2D eigenvalue weighted by Gasteiger charge is 2.55. The summed E-state index contributed by atoms with van der Waals surface area (Å²) in [7, 11) is 2.12. The van der Waals surface area contributed by atoms with Gasteiger partial charge in [0.15, 0.2) is 6.23 Å². The van der Waals surface area contributed by atoms with Crippen molar-refractivity contribution in [2.45, 2.75) is 77.5 Å². The highest BCUT2D eigenvalue weighted by molar-refractivity contribution is 9.10. The van der Waals surface area contributed by atoms with E-state index in [0.717, 1.165) is 72.4 Å². The molecule has 1 aromatic carbocycles. The van der Waals surface area contributed by atoms with Crippen molar-refractivity contribution in [1.82, 2.24) is 24.2 Å². The smallest absolute Gasteiger partial charge is 0.410 e. The minimum absolute atomic E-state index is 0.00114. The Morgan fingerprint density at radius 1 is 1.22 bits per heavy atom. The number of aryl methyl sites for hydroxylation is 1. The fourth-order valence-corrected chi connectivity index (χ4v) is 7.10. The van der Waals surface area contributed by atoms with Crippen LogP contribution in [-0.4, -0.2) is 55.6 Å². The van der Waals surface area contributed by atoms with E-state index in [1.54, 1.807) is 0 Å². The number of rotatable bonds is 3. The van der Waals surface area contributed by atoms with Gasteiger partial charge in [-0.15, -0.1) is 0 Å². The second-order valence-electron chi connectivity index (χ2n) is 12.2. The Labute approximate surface area is 226 Å². The van der Waals surface area contributed by atoms with Gasteiger partial charge in [-0.05, 0) is 87.4 Å². The van der Waals surface area contributed by atoms with E-state index in [4.69, 9.17) is 19.6 Å². The topological polar surface area (TPSA) is 74.4 Å². The molecule has 1 amide bonds. The van der Waals surface area contributed by atoms with E-state index < -0.39 is 5.60 Å². The first-order chi connectivity index (χ1) is 17.6. The van der Waals surface area contributed by atoms with Gasteiger partial charge in [-0.3, -0.25) is 0 Å². The minimum Gasteiger partial charge on any atom is -0.444 e. The second kappa shape index (κ2) is 8.83. The number of carbonyl (C=O) groups is 1. The van der Waals surface area contributed by atoms with Crippen LogP contribution in [0.15, 0.2) is 22.9 Å². The summed E-state index contributed by atoms with van der Waals surface area (Å²) in [6.45, 7) is 10.2. The van der Waals surface area contributed by atoms with Gasteiger partial charge in [0.25, 0.3) is 0 Å². The maximum absolute atomic E-state index is 12.4. The molecule has 2 aromatic heterocycles. The van der Waals surface area contributed by atoms with Crippen LogP contribution >= 0.6 is 15.9 Å². The third-order valence-electron chi connectivity index (χ3n) is 8.17. The molecule has 0 N–H and O–H groups in total. The number of nitrogens with zero attached hydrogens (tertiary/aromatic N) is 5. The molecule has 9 heteroatoms. The fourth-order valence-electron chi connectivity index (χ4n) is 6.45. The standard InChI is InChI=1S/C28H36BrN5O3/c1-17-9-10-20-19(14-30-34(20)21-8-6-7-11-36-21)22(17)23-24(29)31-25(32(23)5)18-12-28(13-18)15-33(16-28)26(35)37-27(2,3)4/h9-10,14,18,21H,6-8,11-13,15-16H2,1-5H3. The van der Waals surface area contributed by atoms with Crippen molar-refractivity contribution in [3.63, 3.8) is 0 Å². The van der Waals surface area contributed by atoms with Crippen LogP contribution in [0.5, 0.6) is 0 Å². The molecule has 4 heterocycles. The number of fused-ring (bicyclic) bond motifs is 1. The van der Waals surface area contributed by atoms with Crippen molar-refractivity contribution in [2.24, 2.45) is 12.5 Å². The Morgan fingerprint density at radius 3 is 2.65 bits per heavy atom. The Balaban J connectivity index is 1.23. The maximum atomic E-state index is 12.4. The zero-order valence-corrected chi connectivity index (χ0v) is 24.0. The van der Waals surface area contributed by atoms with Crippen LogP contribution in [0, 0.1) is 12.3 Å². The summed E-state index contributed by atoms with van der Waals surface area (Å²) in [5, 5.41) is 5.89. The third kappa shape index (κ3) is 4.28. The van der Waals surface area contributed by atoms with E-state index in [1.165, 1.54) is 17.5 Å². The van der Waals surface area contributed by atoms with Gasteiger partial charge >= 0.3 is 6.09 Å². The van der Waals surface area contributed by atoms with Crippen molar-refractivity contribution in [2.75, 3.05) is 19.7 Å². The zero-order valence-electron chi connectivity index (χ0n) is 22.4. The number of benzene rings is 1. The summed E-state index contributed by atoms with van der Waals surface area (Å²) < 4.78 is 16.7. The molecule has 0 bridgehead atoms. The van der Waals surface area contributed by atoms with Crippen LogP contribution in [-0.2, 0) is 16.5 Å². The molecule has 3 aromatic rings. The number of hydrogen-bond acceptors (Lipinski definition) is 5. The lowest BCUT2D eigenvalue weighted by Gasteiger charge is -2.58. The first kappa shape index (κ1) is 24.9.